The van der Waals surface area contributed by atoms with Gasteiger partial charge in [-0.15, -0.1) is 11.3 Å². The fourth-order valence-electron chi connectivity index (χ4n) is 2.92. The number of aromatic nitrogens is 2. The minimum atomic E-state index is -0.319. The Bertz CT molecular complexity index is 1150. The third-order valence-corrected chi connectivity index (χ3v) is 5.23. The molecule has 0 saturated carbocycles. The molecule has 4 rings (SSSR count). The highest BCUT2D eigenvalue weighted by molar-refractivity contribution is 7.17. The number of thiophene rings is 1. The number of halogens is 2. The smallest absolute Gasteiger partial charge is 0.262 e. The highest BCUT2D eigenvalue weighted by Crippen LogP contribution is 2.30. The van der Waals surface area contributed by atoms with Crippen LogP contribution in [0.3, 0.4) is 0 Å². The van der Waals surface area contributed by atoms with Crippen LogP contribution in [-0.4, -0.2) is 16.2 Å². The number of hydrogen-bond acceptors (Lipinski definition) is 4. The zero-order valence-corrected chi connectivity index (χ0v) is 15.6. The van der Waals surface area contributed by atoms with E-state index in [1.807, 2.05) is 5.38 Å². The Labute approximate surface area is 163 Å². The van der Waals surface area contributed by atoms with E-state index >= 15 is 0 Å². The van der Waals surface area contributed by atoms with Gasteiger partial charge in [0.1, 0.15) is 22.2 Å². The maximum Gasteiger partial charge on any atom is 0.262 e. The molecule has 142 valence electrons. The van der Waals surface area contributed by atoms with Crippen LogP contribution in [0.25, 0.3) is 21.3 Å². The number of aryl methyl sites for hydroxylation is 1. The number of ether oxygens (including phenoxy) is 1. The summed E-state index contributed by atoms with van der Waals surface area (Å²) in [5, 5.41) is 2.41. The zero-order valence-electron chi connectivity index (χ0n) is 14.8. The van der Waals surface area contributed by atoms with Gasteiger partial charge in [0, 0.05) is 17.5 Å². The summed E-state index contributed by atoms with van der Waals surface area (Å²) in [5.41, 5.74) is 1.41. The summed E-state index contributed by atoms with van der Waals surface area (Å²) in [6.45, 7) is 0.840. The third-order valence-electron chi connectivity index (χ3n) is 4.34. The standard InChI is InChI=1S/C21H16F2N2O2S/c22-15-4-2-14(3-5-15)18-12-28-20-19(18)21(26)25(13-24-20)10-1-11-27-17-8-6-16(23)7-9-17/h2-9,12-13H,1,10-11H2. The highest BCUT2D eigenvalue weighted by Gasteiger charge is 2.13. The molecule has 0 aliphatic rings. The molecule has 2 aromatic carbocycles. The van der Waals surface area contributed by atoms with Gasteiger partial charge in [-0.2, -0.15) is 0 Å². The first-order valence-corrected chi connectivity index (χ1v) is 9.61. The average molecular weight is 398 g/mol. The van der Waals surface area contributed by atoms with Gasteiger partial charge in [0.05, 0.1) is 18.3 Å². The van der Waals surface area contributed by atoms with Crippen LogP contribution in [0.1, 0.15) is 6.42 Å². The quantitative estimate of drug-likeness (QED) is 0.435. The second-order valence-corrected chi connectivity index (χ2v) is 7.09. The van der Waals surface area contributed by atoms with E-state index < -0.39 is 0 Å². The van der Waals surface area contributed by atoms with Crippen molar-refractivity contribution in [1.29, 1.82) is 0 Å². The molecule has 0 saturated heterocycles. The van der Waals surface area contributed by atoms with Gasteiger partial charge in [-0.1, -0.05) is 12.1 Å². The molecule has 0 N–H and O–H groups in total. The van der Waals surface area contributed by atoms with Crippen LogP contribution < -0.4 is 10.3 Å². The number of fused-ring (bicyclic) bond motifs is 1. The molecule has 0 aliphatic carbocycles. The van der Waals surface area contributed by atoms with E-state index in [9.17, 15) is 13.6 Å². The topological polar surface area (TPSA) is 44.1 Å². The van der Waals surface area contributed by atoms with Crippen molar-refractivity contribution >= 4 is 21.6 Å². The van der Waals surface area contributed by atoms with Gasteiger partial charge < -0.3 is 4.74 Å². The van der Waals surface area contributed by atoms with Crippen LogP contribution >= 0.6 is 11.3 Å². The summed E-state index contributed by atoms with van der Waals surface area (Å²) < 4.78 is 33.2. The molecule has 7 heteroatoms. The first-order valence-electron chi connectivity index (χ1n) is 8.73. The molecule has 28 heavy (non-hydrogen) atoms. The number of benzene rings is 2. The van der Waals surface area contributed by atoms with Gasteiger partial charge in [0.15, 0.2) is 0 Å². The Morgan fingerprint density at radius 2 is 1.68 bits per heavy atom. The van der Waals surface area contributed by atoms with Gasteiger partial charge in [0.25, 0.3) is 5.56 Å². The molecule has 0 fully saturated rings. The summed E-state index contributed by atoms with van der Waals surface area (Å²) in [5.74, 6) is -0.0512. The van der Waals surface area contributed by atoms with Gasteiger partial charge >= 0.3 is 0 Å². The van der Waals surface area contributed by atoms with Crippen LogP contribution in [0.5, 0.6) is 5.75 Å². The maximum absolute atomic E-state index is 13.2. The average Bonchev–Trinajstić information content (AvgIpc) is 3.14. The lowest BCUT2D eigenvalue weighted by molar-refractivity contribution is 0.300. The van der Waals surface area contributed by atoms with Crippen molar-refractivity contribution < 1.29 is 13.5 Å². The zero-order chi connectivity index (χ0) is 19.5. The Kier molecular flexibility index (Phi) is 5.16. The molecule has 0 spiro atoms. The fourth-order valence-corrected chi connectivity index (χ4v) is 3.83. The van der Waals surface area contributed by atoms with Crippen LogP contribution in [-0.2, 0) is 6.54 Å². The van der Waals surface area contributed by atoms with E-state index in [0.29, 0.717) is 35.5 Å². The summed E-state index contributed by atoms with van der Waals surface area (Å²) in [6, 6.07) is 11.9. The molecular weight excluding hydrogens is 382 g/mol. The minimum Gasteiger partial charge on any atom is -0.494 e. The largest absolute Gasteiger partial charge is 0.494 e. The van der Waals surface area contributed by atoms with Crippen LogP contribution in [0.15, 0.2) is 65.0 Å². The molecule has 4 aromatic rings. The lowest BCUT2D eigenvalue weighted by Gasteiger charge is -2.08. The van der Waals surface area contributed by atoms with Gasteiger partial charge in [0.2, 0.25) is 0 Å². The van der Waals surface area contributed by atoms with E-state index in [-0.39, 0.29) is 17.2 Å². The van der Waals surface area contributed by atoms with Crippen molar-refractivity contribution in [2.75, 3.05) is 6.61 Å². The van der Waals surface area contributed by atoms with E-state index in [0.717, 1.165) is 11.1 Å². The van der Waals surface area contributed by atoms with Crippen LogP contribution in [0.2, 0.25) is 0 Å². The molecule has 0 amide bonds. The SMILES string of the molecule is O=c1c2c(-c3ccc(F)cc3)csc2ncn1CCCOc1ccc(F)cc1. The van der Waals surface area contributed by atoms with Crippen LogP contribution in [0.4, 0.5) is 8.78 Å². The Balaban J connectivity index is 1.51. The van der Waals surface area contributed by atoms with Crippen molar-refractivity contribution in [1.82, 2.24) is 9.55 Å². The molecule has 0 aliphatic heterocycles. The van der Waals surface area contributed by atoms with Crippen molar-refractivity contribution in [3.63, 3.8) is 0 Å². The summed E-state index contributed by atoms with van der Waals surface area (Å²) >= 11 is 1.39. The summed E-state index contributed by atoms with van der Waals surface area (Å²) in [6.07, 6.45) is 2.13. The molecule has 0 bridgehead atoms. The normalized spacial score (nSPS) is 11.1. The fraction of sp³-hybridized carbons (Fsp3) is 0.143. The van der Waals surface area contributed by atoms with Crippen molar-refractivity contribution in [3.8, 4) is 16.9 Å². The van der Waals surface area contributed by atoms with Gasteiger partial charge in [-0.05, 0) is 48.4 Å². The minimum absolute atomic E-state index is 0.132. The maximum atomic E-state index is 13.2. The highest BCUT2D eigenvalue weighted by atomic mass is 32.1. The van der Waals surface area contributed by atoms with E-state index in [1.165, 1.54) is 41.9 Å². The molecule has 0 unspecified atom stereocenters. The van der Waals surface area contributed by atoms with E-state index in [4.69, 9.17) is 4.74 Å². The first-order chi connectivity index (χ1) is 13.6. The molecular formula is C21H16F2N2O2S. The van der Waals surface area contributed by atoms with Crippen molar-refractivity contribution in [3.05, 3.63) is 82.2 Å². The third kappa shape index (κ3) is 3.80. The second kappa shape index (κ2) is 7.90. The van der Waals surface area contributed by atoms with E-state index in [2.05, 4.69) is 4.98 Å². The Hall–Kier alpha value is -3.06. The number of hydrogen-bond donors (Lipinski definition) is 0. The molecule has 4 nitrogen and oxygen atoms in total. The summed E-state index contributed by atoms with van der Waals surface area (Å²) in [4.78, 5) is 18.0. The van der Waals surface area contributed by atoms with Crippen molar-refractivity contribution in [2.45, 2.75) is 13.0 Å². The Morgan fingerprint density at radius 1 is 1.00 bits per heavy atom. The summed E-state index contributed by atoms with van der Waals surface area (Å²) in [7, 11) is 0. The van der Waals surface area contributed by atoms with Crippen molar-refractivity contribution in [2.24, 2.45) is 0 Å². The molecule has 2 heterocycles. The van der Waals surface area contributed by atoms with E-state index in [1.54, 1.807) is 28.8 Å². The first kappa shape index (κ1) is 18.3. The Morgan fingerprint density at radius 3 is 2.39 bits per heavy atom. The lowest BCUT2D eigenvalue weighted by Crippen LogP contribution is -2.21. The molecule has 2 aromatic heterocycles. The number of rotatable bonds is 6. The second-order valence-electron chi connectivity index (χ2n) is 6.24. The van der Waals surface area contributed by atoms with Gasteiger partial charge in [-0.3, -0.25) is 9.36 Å². The predicted molar refractivity (Wildman–Crippen MR) is 106 cm³/mol. The molecule has 0 radical (unpaired) electrons. The number of nitrogens with zero attached hydrogens (tertiary/aromatic N) is 2. The van der Waals surface area contributed by atoms with Gasteiger partial charge in [-0.25, -0.2) is 13.8 Å². The monoisotopic (exact) mass is 398 g/mol. The predicted octanol–water partition coefficient (Wildman–Crippen LogP) is 4.87. The molecule has 0 atom stereocenters. The van der Waals surface area contributed by atoms with Crippen LogP contribution in [0, 0.1) is 11.6 Å². The lowest BCUT2D eigenvalue weighted by atomic mass is 10.1.